The highest BCUT2D eigenvalue weighted by Crippen LogP contribution is 2.38. The lowest BCUT2D eigenvalue weighted by atomic mass is 9.87. The first kappa shape index (κ1) is 17.5. The lowest BCUT2D eigenvalue weighted by molar-refractivity contribution is 0.328. The Hall–Kier alpha value is -1.94. The number of hydrogen-bond acceptors (Lipinski definition) is 4. The molecule has 2 heterocycles. The molecule has 1 N–H and O–H groups in total. The first-order chi connectivity index (χ1) is 12.5. The van der Waals surface area contributed by atoms with Crippen LogP contribution < -0.4 is 5.32 Å². The molecule has 1 aromatic carbocycles. The molecular weight excluding hydrogens is 320 g/mol. The summed E-state index contributed by atoms with van der Waals surface area (Å²) in [5.41, 5.74) is 3.02. The number of benzene rings is 1. The van der Waals surface area contributed by atoms with Crippen LogP contribution in [-0.2, 0) is 12.0 Å². The van der Waals surface area contributed by atoms with E-state index in [9.17, 15) is 0 Å². The van der Waals surface area contributed by atoms with Crippen LogP contribution in [0.15, 0.2) is 36.5 Å². The molecule has 4 nitrogen and oxygen atoms in total. The van der Waals surface area contributed by atoms with E-state index in [1.807, 2.05) is 12.3 Å². The van der Waals surface area contributed by atoms with Gasteiger partial charge in [0.25, 0.3) is 0 Å². The molecule has 26 heavy (non-hydrogen) atoms. The number of hydrogen-bond donors (Lipinski definition) is 1. The average Bonchev–Trinajstić information content (AvgIpc) is 3.37. The highest BCUT2D eigenvalue weighted by atomic mass is 15.2. The summed E-state index contributed by atoms with van der Waals surface area (Å²) in [6.45, 7) is 10.0. The molecule has 1 atom stereocenters. The van der Waals surface area contributed by atoms with E-state index in [1.165, 1.54) is 30.4 Å². The van der Waals surface area contributed by atoms with Gasteiger partial charge in [-0.15, -0.1) is 0 Å². The van der Waals surface area contributed by atoms with E-state index in [2.05, 4.69) is 60.2 Å². The molecule has 1 aliphatic carbocycles. The summed E-state index contributed by atoms with van der Waals surface area (Å²) in [4.78, 5) is 11.6. The number of nitrogens with zero attached hydrogens (tertiary/aromatic N) is 3. The Bertz CT molecular complexity index is 743. The van der Waals surface area contributed by atoms with Crippen molar-refractivity contribution in [1.29, 1.82) is 0 Å². The van der Waals surface area contributed by atoms with Crippen LogP contribution in [0, 0.1) is 0 Å². The van der Waals surface area contributed by atoms with E-state index in [1.54, 1.807) is 0 Å². The molecule has 138 valence electrons. The molecule has 0 amide bonds. The third-order valence-electron chi connectivity index (χ3n) is 5.47. The Balaban J connectivity index is 1.31. The van der Waals surface area contributed by atoms with Gasteiger partial charge in [0.05, 0.1) is 0 Å². The predicted octanol–water partition coefficient (Wildman–Crippen LogP) is 4.34. The van der Waals surface area contributed by atoms with Gasteiger partial charge in [-0.25, -0.2) is 9.97 Å². The number of aromatic nitrogens is 2. The van der Waals surface area contributed by atoms with E-state index < -0.39 is 0 Å². The molecule has 1 aliphatic heterocycles. The first-order valence-corrected chi connectivity index (χ1v) is 9.88. The van der Waals surface area contributed by atoms with Gasteiger partial charge in [0.1, 0.15) is 11.6 Å². The smallest absolute Gasteiger partial charge is 0.133 e. The highest BCUT2D eigenvalue weighted by Gasteiger charge is 2.27. The Morgan fingerprint density at radius 2 is 1.85 bits per heavy atom. The van der Waals surface area contributed by atoms with Crippen LogP contribution in [0.4, 0.5) is 5.82 Å². The van der Waals surface area contributed by atoms with Gasteiger partial charge in [-0.1, -0.05) is 45.0 Å². The number of anilines is 1. The minimum absolute atomic E-state index is 0.220. The third kappa shape index (κ3) is 4.24. The van der Waals surface area contributed by atoms with Gasteiger partial charge in [-0.05, 0) is 41.9 Å². The maximum absolute atomic E-state index is 4.70. The van der Waals surface area contributed by atoms with Gasteiger partial charge in [-0.3, -0.25) is 4.90 Å². The fourth-order valence-electron chi connectivity index (χ4n) is 3.66. The number of likely N-dealkylation sites (tertiary alicyclic amines) is 1. The fourth-order valence-corrected chi connectivity index (χ4v) is 3.66. The first-order valence-electron chi connectivity index (χ1n) is 9.88. The van der Waals surface area contributed by atoms with Gasteiger partial charge in [0.2, 0.25) is 0 Å². The van der Waals surface area contributed by atoms with Crippen LogP contribution in [0.25, 0.3) is 0 Å². The molecule has 0 bridgehead atoms. The topological polar surface area (TPSA) is 41.0 Å². The Morgan fingerprint density at radius 1 is 1.08 bits per heavy atom. The van der Waals surface area contributed by atoms with E-state index in [4.69, 9.17) is 4.98 Å². The second kappa shape index (κ2) is 6.99. The van der Waals surface area contributed by atoms with Crippen molar-refractivity contribution in [2.45, 2.75) is 64.0 Å². The maximum atomic E-state index is 4.70. The monoisotopic (exact) mass is 350 g/mol. The van der Waals surface area contributed by atoms with Crippen LogP contribution in [0.5, 0.6) is 0 Å². The zero-order valence-corrected chi connectivity index (χ0v) is 16.2. The number of nitrogens with one attached hydrogen (secondary N) is 1. The molecule has 2 aromatic rings. The lowest BCUT2D eigenvalue weighted by Gasteiger charge is -2.20. The second-order valence-corrected chi connectivity index (χ2v) is 8.89. The Labute approximate surface area is 157 Å². The molecule has 1 saturated carbocycles. The minimum atomic E-state index is 0.220. The van der Waals surface area contributed by atoms with Gasteiger partial charge in [-0.2, -0.15) is 0 Å². The van der Waals surface area contributed by atoms with Gasteiger partial charge in [0, 0.05) is 37.8 Å². The molecule has 1 aromatic heterocycles. The maximum Gasteiger partial charge on any atom is 0.133 e. The largest absolute Gasteiger partial charge is 0.366 e. The standard InChI is InChI=1S/C22H30N4/c1-22(2,3)18-8-4-16(5-9-18)14-26-13-11-19(15-26)24-20-10-12-23-21(25-20)17-6-7-17/h4-5,8-10,12,17,19H,6-7,11,13-15H2,1-3H3,(H,23,24,25). The summed E-state index contributed by atoms with van der Waals surface area (Å²) in [6, 6.07) is 11.6. The normalized spacial score (nSPS) is 21.1. The summed E-state index contributed by atoms with van der Waals surface area (Å²) in [5.74, 6) is 2.61. The minimum Gasteiger partial charge on any atom is -0.366 e. The van der Waals surface area contributed by atoms with Crippen LogP contribution >= 0.6 is 0 Å². The molecule has 0 radical (unpaired) electrons. The predicted molar refractivity (Wildman–Crippen MR) is 106 cm³/mol. The Kier molecular flexibility index (Phi) is 4.70. The van der Waals surface area contributed by atoms with Crippen molar-refractivity contribution >= 4 is 5.82 Å². The third-order valence-corrected chi connectivity index (χ3v) is 5.47. The summed E-state index contributed by atoms with van der Waals surface area (Å²) in [5, 5.41) is 3.62. The fraction of sp³-hybridized carbons (Fsp3) is 0.545. The summed E-state index contributed by atoms with van der Waals surface area (Å²) in [6.07, 6.45) is 5.55. The molecular formula is C22H30N4. The quantitative estimate of drug-likeness (QED) is 0.871. The van der Waals surface area contributed by atoms with Crippen molar-refractivity contribution in [3.63, 3.8) is 0 Å². The zero-order valence-electron chi connectivity index (χ0n) is 16.2. The average molecular weight is 351 g/mol. The van der Waals surface area contributed by atoms with Crippen molar-refractivity contribution in [3.8, 4) is 0 Å². The van der Waals surface area contributed by atoms with Crippen molar-refractivity contribution in [1.82, 2.24) is 14.9 Å². The van der Waals surface area contributed by atoms with Crippen LogP contribution in [0.3, 0.4) is 0 Å². The summed E-state index contributed by atoms with van der Waals surface area (Å²) >= 11 is 0. The van der Waals surface area contributed by atoms with Crippen molar-refractivity contribution in [3.05, 3.63) is 53.5 Å². The van der Waals surface area contributed by atoms with Gasteiger partial charge < -0.3 is 5.32 Å². The lowest BCUT2D eigenvalue weighted by Crippen LogP contribution is -2.26. The molecule has 4 heteroatoms. The molecule has 2 aliphatic rings. The Morgan fingerprint density at radius 3 is 2.54 bits per heavy atom. The summed E-state index contributed by atoms with van der Waals surface area (Å²) in [7, 11) is 0. The number of rotatable bonds is 5. The van der Waals surface area contributed by atoms with Crippen LogP contribution in [-0.4, -0.2) is 34.0 Å². The van der Waals surface area contributed by atoms with Crippen molar-refractivity contribution in [2.24, 2.45) is 0 Å². The van der Waals surface area contributed by atoms with E-state index in [0.29, 0.717) is 12.0 Å². The second-order valence-electron chi connectivity index (χ2n) is 8.89. The van der Waals surface area contributed by atoms with Crippen LogP contribution in [0.1, 0.15) is 62.9 Å². The zero-order chi connectivity index (χ0) is 18.1. The van der Waals surface area contributed by atoms with Gasteiger partial charge >= 0.3 is 0 Å². The molecule has 1 unspecified atom stereocenters. The van der Waals surface area contributed by atoms with E-state index in [-0.39, 0.29) is 5.41 Å². The van der Waals surface area contributed by atoms with Crippen LogP contribution in [0.2, 0.25) is 0 Å². The molecule has 0 spiro atoms. The summed E-state index contributed by atoms with van der Waals surface area (Å²) < 4.78 is 0. The SMILES string of the molecule is CC(C)(C)c1ccc(CN2CCC(Nc3ccnc(C4CC4)n3)C2)cc1. The molecule has 4 rings (SSSR count). The van der Waals surface area contributed by atoms with Gasteiger partial charge in [0.15, 0.2) is 0 Å². The van der Waals surface area contributed by atoms with Crippen molar-refractivity contribution in [2.75, 3.05) is 18.4 Å². The molecule has 1 saturated heterocycles. The molecule has 2 fully saturated rings. The van der Waals surface area contributed by atoms with Crippen molar-refractivity contribution < 1.29 is 0 Å². The van der Waals surface area contributed by atoms with E-state index >= 15 is 0 Å². The van der Waals surface area contributed by atoms with E-state index in [0.717, 1.165) is 31.3 Å². The highest BCUT2D eigenvalue weighted by molar-refractivity contribution is 5.36.